The van der Waals surface area contributed by atoms with Crippen LogP contribution in [0.25, 0.3) is 22.3 Å². The number of nitrogens with zero attached hydrogens (tertiary/aromatic N) is 7. The summed E-state index contributed by atoms with van der Waals surface area (Å²) in [4.78, 5) is 36.3. The molecule has 2 aliphatic heterocycles. The molecule has 1 atom stereocenters. The summed E-state index contributed by atoms with van der Waals surface area (Å²) in [6, 6.07) is 23.2. The summed E-state index contributed by atoms with van der Waals surface area (Å²) >= 11 is 0. The molecule has 7 rings (SSSR count). The van der Waals surface area contributed by atoms with Gasteiger partial charge in [-0.15, -0.1) is 0 Å². The standard InChI is InChI=1S/C35H36N8O5/c36-33-31-32(25-8-12-29(13-9-25)47-28-6-2-1-3-7-28)39-42(34(31)38-23-37-33)27-5-4-18-40(22-27)21-24-16-19-41(20-17-24)35(44)48-30-14-10-26(11-15-30)43(45)46/h1-3,6-15,23-24,27H,4-5,16-22H2,(H2,36,37,38). The van der Waals surface area contributed by atoms with E-state index in [9.17, 15) is 14.9 Å². The van der Waals surface area contributed by atoms with Gasteiger partial charge in [-0.05, 0) is 86.7 Å². The third-order valence-electron chi connectivity index (χ3n) is 9.09. The van der Waals surface area contributed by atoms with Gasteiger partial charge in [-0.25, -0.2) is 19.4 Å². The SMILES string of the molecule is Nc1ncnc2c1c(-c1ccc(Oc3ccccc3)cc1)nn2C1CCCN(CC2CCN(C(=O)Oc3ccc([N+](=O)[O-])cc3)CC2)C1. The highest BCUT2D eigenvalue weighted by Crippen LogP contribution is 2.35. The molecular weight excluding hydrogens is 612 g/mol. The van der Waals surface area contributed by atoms with Crippen molar-refractivity contribution < 1.29 is 19.2 Å². The molecular formula is C35H36N8O5. The molecule has 2 saturated heterocycles. The Hall–Kier alpha value is -5.56. The average molecular weight is 649 g/mol. The number of para-hydroxylation sites is 1. The number of anilines is 1. The Kier molecular flexibility index (Phi) is 8.84. The van der Waals surface area contributed by atoms with Crippen LogP contribution in [0.3, 0.4) is 0 Å². The second-order valence-electron chi connectivity index (χ2n) is 12.3. The molecule has 1 unspecified atom stereocenters. The van der Waals surface area contributed by atoms with E-state index < -0.39 is 11.0 Å². The zero-order valence-corrected chi connectivity index (χ0v) is 26.4. The Bertz CT molecular complexity index is 1890. The first kappa shape index (κ1) is 31.1. The molecule has 1 amide bonds. The number of nitrogen functional groups attached to an aromatic ring is 1. The van der Waals surface area contributed by atoms with Gasteiger partial charge in [-0.3, -0.25) is 10.1 Å². The predicted molar refractivity (Wildman–Crippen MR) is 180 cm³/mol. The highest BCUT2D eigenvalue weighted by Gasteiger charge is 2.30. The molecule has 13 nitrogen and oxygen atoms in total. The molecule has 0 aliphatic carbocycles. The monoisotopic (exact) mass is 648 g/mol. The number of likely N-dealkylation sites (tertiary alicyclic amines) is 2. The van der Waals surface area contributed by atoms with Gasteiger partial charge in [0.05, 0.1) is 16.4 Å². The van der Waals surface area contributed by atoms with E-state index in [1.165, 1.54) is 30.6 Å². The molecule has 4 heterocycles. The number of aromatic nitrogens is 4. The highest BCUT2D eigenvalue weighted by molar-refractivity contribution is 5.98. The Morgan fingerprint density at radius 2 is 1.60 bits per heavy atom. The van der Waals surface area contributed by atoms with Gasteiger partial charge in [0.1, 0.15) is 35.1 Å². The lowest BCUT2D eigenvalue weighted by Gasteiger charge is -2.38. The van der Waals surface area contributed by atoms with Crippen LogP contribution in [-0.4, -0.2) is 73.3 Å². The number of nitro benzene ring substituents is 1. The molecule has 2 aromatic heterocycles. The van der Waals surface area contributed by atoms with Crippen molar-refractivity contribution in [2.45, 2.75) is 31.7 Å². The molecule has 48 heavy (non-hydrogen) atoms. The van der Waals surface area contributed by atoms with Crippen molar-refractivity contribution in [2.75, 3.05) is 38.5 Å². The highest BCUT2D eigenvalue weighted by atomic mass is 16.6. The fraction of sp³-hybridized carbons (Fsp3) is 0.314. The molecule has 13 heteroatoms. The first-order valence-corrected chi connectivity index (χ1v) is 16.2. The van der Waals surface area contributed by atoms with E-state index in [4.69, 9.17) is 20.3 Å². The van der Waals surface area contributed by atoms with Gasteiger partial charge >= 0.3 is 6.09 Å². The van der Waals surface area contributed by atoms with Crippen molar-refractivity contribution in [1.29, 1.82) is 0 Å². The van der Waals surface area contributed by atoms with Crippen molar-refractivity contribution >= 4 is 28.6 Å². The minimum absolute atomic E-state index is 0.0471. The maximum Gasteiger partial charge on any atom is 0.415 e. The predicted octanol–water partition coefficient (Wildman–Crippen LogP) is 6.32. The lowest BCUT2D eigenvalue weighted by Crippen LogP contribution is -2.45. The van der Waals surface area contributed by atoms with Gasteiger partial charge in [-0.2, -0.15) is 5.10 Å². The maximum absolute atomic E-state index is 12.7. The van der Waals surface area contributed by atoms with Gasteiger partial charge in [0, 0.05) is 43.9 Å². The van der Waals surface area contributed by atoms with Crippen molar-refractivity contribution in [1.82, 2.24) is 29.5 Å². The summed E-state index contributed by atoms with van der Waals surface area (Å²) in [6.45, 7) is 3.99. The third kappa shape index (κ3) is 6.76. The third-order valence-corrected chi connectivity index (χ3v) is 9.09. The molecule has 2 aliphatic rings. The summed E-state index contributed by atoms with van der Waals surface area (Å²) in [5.74, 6) is 2.65. The normalized spacial score (nSPS) is 17.3. The molecule has 2 N–H and O–H groups in total. The molecule has 0 radical (unpaired) electrons. The molecule has 5 aromatic rings. The largest absolute Gasteiger partial charge is 0.457 e. The number of piperidine rings is 2. The minimum atomic E-state index is -0.483. The Balaban J connectivity index is 0.990. The summed E-state index contributed by atoms with van der Waals surface area (Å²) < 4.78 is 13.5. The van der Waals surface area contributed by atoms with E-state index in [1.807, 2.05) is 59.3 Å². The van der Waals surface area contributed by atoms with Crippen molar-refractivity contribution in [3.63, 3.8) is 0 Å². The summed E-state index contributed by atoms with van der Waals surface area (Å²) in [7, 11) is 0. The first-order chi connectivity index (χ1) is 23.4. The smallest absolute Gasteiger partial charge is 0.415 e. The first-order valence-electron chi connectivity index (χ1n) is 16.2. The van der Waals surface area contributed by atoms with Crippen LogP contribution in [0.1, 0.15) is 31.7 Å². The topological polar surface area (TPSA) is 155 Å². The average Bonchev–Trinajstić information content (AvgIpc) is 3.51. The van der Waals surface area contributed by atoms with Gasteiger partial charge in [0.2, 0.25) is 0 Å². The van der Waals surface area contributed by atoms with Gasteiger partial charge in [0.15, 0.2) is 5.65 Å². The van der Waals surface area contributed by atoms with Crippen molar-refractivity contribution in [3.05, 3.63) is 95.3 Å². The van der Waals surface area contributed by atoms with Crippen LogP contribution in [0.5, 0.6) is 17.2 Å². The number of hydrogen-bond acceptors (Lipinski definition) is 10. The van der Waals surface area contributed by atoms with Crippen LogP contribution in [0.4, 0.5) is 16.3 Å². The van der Waals surface area contributed by atoms with Crippen LogP contribution in [0.2, 0.25) is 0 Å². The number of fused-ring (bicyclic) bond motifs is 1. The number of nitro groups is 1. The van der Waals surface area contributed by atoms with E-state index in [1.54, 1.807) is 4.90 Å². The molecule has 3 aromatic carbocycles. The second-order valence-corrected chi connectivity index (χ2v) is 12.3. The number of nitrogens with two attached hydrogens (primary N) is 1. The van der Waals surface area contributed by atoms with Crippen molar-refractivity contribution in [3.8, 4) is 28.5 Å². The Morgan fingerprint density at radius 1 is 0.896 bits per heavy atom. The number of benzene rings is 3. The number of carbonyl (C=O) groups is 1. The van der Waals surface area contributed by atoms with Crippen LogP contribution >= 0.6 is 0 Å². The Morgan fingerprint density at radius 3 is 2.33 bits per heavy atom. The quantitative estimate of drug-likeness (QED) is 0.149. The number of hydrogen-bond donors (Lipinski definition) is 1. The molecule has 0 bridgehead atoms. The van der Waals surface area contributed by atoms with Gasteiger partial charge in [-0.1, -0.05) is 18.2 Å². The number of non-ortho nitro benzene ring substituents is 1. The number of rotatable bonds is 8. The molecule has 0 saturated carbocycles. The molecule has 246 valence electrons. The van der Waals surface area contributed by atoms with E-state index in [0.717, 1.165) is 79.1 Å². The summed E-state index contributed by atoms with van der Waals surface area (Å²) in [5, 5.41) is 16.7. The van der Waals surface area contributed by atoms with Crippen LogP contribution in [0, 0.1) is 16.0 Å². The van der Waals surface area contributed by atoms with Crippen LogP contribution in [-0.2, 0) is 0 Å². The zero-order valence-electron chi connectivity index (χ0n) is 26.4. The lowest BCUT2D eigenvalue weighted by atomic mass is 9.95. The van der Waals surface area contributed by atoms with Crippen molar-refractivity contribution in [2.24, 2.45) is 5.92 Å². The minimum Gasteiger partial charge on any atom is -0.457 e. The van der Waals surface area contributed by atoms with E-state index in [2.05, 4.69) is 14.9 Å². The molecule has 0 spiro atoms. The summed E-state index contributed by atoms with van der Waals surface area (Å²) in [5.41, 5.74) is 8.75. The summed E-state index contributed by atoms with van der Waals surface area (Å²) in [6.07, 6.45) is 4.83. The van der Waals surface area contributed by atoms with E-state index in [0.29, 0.717) is 30.6 Å². The van der Waals surface area contributed by atoms with Crippen LogP contribution < -0.4 is 15.2 Å². The number of ether oxygens (including phenoxy) is 2. The number of carbonyl (C=O) groups excluding carboxylic acids is 1. The van der Waals surface area contributed by atoms with Gasteiger partial charge < -0.3 is 25.0 Å². The van der Waals surface area contributed by atoms with Crippen LogP contribution in [0.15, 0.2) is 85.2 Å². The van der Waals surface area contributed by atoms with E-state index in [-0.39, 0.29) is 11.7 Å². The zero-order chi connectivity index (χ0) is 33.0. The van der Waals surface area contributed by atoms with Gasteiger partial charge in [0.25, 0.3) is 5.69 Å². The maximum atomic E-state index is 12.7. The fourth-order valence-corrected chi connectivity index (χ4v) is 6.62. The second kappa shape index (κ2) is 13.7. The number of amides is 1. The molecule has 2 fully saturated rings. The lowest BCUT2D eigenvalue weighted by molar-refractivity contribution is -0.384. The fourth-order valence-electron chi connectivity index (χ4n) is 6.62. The Labute approximate surface area is 277 Å². The van der Waals surface area contributed by atoms with E-state index >= 15 is 0 Å².